The van der Waals surface area contributed by atoms with Crippen molar-refractivity contribution >= 4 is 17.4 Å². The fraction of sp³-hybridized carbons (Fsp3) is 0.407. The molecule has 0 bridgehead atoms. The van der Waals surface area contributed by atoms with Gasteiger partial charge in [-0.3, -0.25) is 9.59 Å². The van der Waals surface area contributed by atoms with Gasteiger partial charge >= 0.3 is 0 Å². The van der Waals surface area contributed by atoms with Crippen LogP contribution in [0.1, 0.15) is 37.9 Å². The molecule has 1 amide bonds. The number of carbonyl (C=O) groups excluding carboxylic acids is 2. The molecule has 8 nitrogen and oxygen atoms in total. The number of benzene rings is 2. The third-order valence-corrected chi connectivity index (χ3v) is 5.59. The van der Waals surface area contributed by atoms with Crippen molar-refractivity contribution in [2.75, 3.05) is 40.6 Å². The van der Waals surface area contributed by atoms with Crippen LogP contribution in [0.15, 0.2) is 48.0 Å². The Morgan fingerprint density at radius 1 is 1.03 bits per heavy atom. The number of rotatable bonds is 11. The first-order chi connectivity index (χ1) is 16.8. The lowest BCUT2D eigenvalue weighted by atomic mass is 9.95. The Bertz CT molecular complexity index is 1080. The fourth-order valence-corrected chi connectivity index (χ4v) is 3.91. The molecule has 3 rings (SSSR count). The minimum Gasteiger partial charge on any atom is -0.507 e. The minimum absolute atomic E-state index is 0.00886. The Morgan fingerprint density at radius 2 is 1.74 bits per heavy atom. The Hall–Kier alpha value is -3.52. The van der Waals surface area contributed by atoms with Crippen LogP contribution in [0.25, 0.3) is 5.76 Å². The molecule has 0 spiro atoms. The molecule has 8 heteroatoms. The van der Waals surface area contributed by atoms with E-state index < -0.39 is 17.7 Å². The molecule has 0 saturated carbocycles. The second kappa shape index (κ2) is 11.8. The smallest absolute Gasteiger partial charge is 0.295 e. The van der Waals surface area contributed by atoms with Crippen LogP contribution in [0, 0.1) is 5.92 Å². The highest BCUT2D eigenvalue weighted by Gasteiger charge is 2.46. The first-order valence-corrected chi connectivity index (χ1v) is 11.6. The Labute approximate surface area is 206 Å². The van der Waals surface area contributed by atoms with Gasteiger partial charge in [0.05, 0.1) is 38.5 Å². The van der Waals surface area contributed by atoms with E-state index in [4.69, 9.17) is 18.9 Å². The number of likely N-dealkylation sites (tertiary alicyclic amines) is 1. The van der Waals surface area contributed by atoms with Gasteiger partial charge in [-0.2, -0.15) is 0 Å². The van der Waals surface area contributed by atoms with Crippen molar-refractivity contribution < 1.29 is 33.6 Å². The van der Waals surface area contributed by atoms with Crippen molar-refractivity contribution in [2.24, 2.45) is 5.92 Å². The van der Waals surface area contributed by atoms with E-state index in [2.05, 4.69) is 13.8 Å². The maximum Gasteiger partial charge on any atom is 0.295 e. The molecule has 1 unspecified atom stereocenters. The molecule has 0 aliphatic carbocycles. The summed E-state index contributed by atoms with van der Waals surface area (Å²) in [5, 5.41) is 11.2. The molecule has 35 heavy (non-hydrogen) atoms. The molecule has 1 fully saturated rings. The summed E-state index contributed by atoms with van der Waals surface area (Å²) in [6.07, 6.45) is 0. The number of ketones is 1. The van der Waals surface area contributed by atoms with Gasteiger partial charge in [-0.1, -0.05) is 19.9 Å². The lowest BCUT2D eigenvalue weighted by molar-refractivity contribution is -0.140. The second-order valence-electron chi connectivity index (χ2n) is 8.56. The van der Waals surface area contributed by atoms with E-state index in [0.717, 1.165) is 0 Å². The largest absolute Gasteiger partial charge is 0.507 e. The van der Waals surface area contributed by atoms with Crippen LogP contribution < -0.4 is 14.2 Å². The zero-order chi connectivity index (χ0) is 25.5. The van der Waals surface area contributed by atoms with E-state index in [1.165, 1.54) is 19.1 Å². The highest BCUT2D eigenvalue weighted by atomic mass is 16.5. The van der Waals surface area contributed by atoms with Gasteiger partial charge < -0.3 is 29.0 Å². The van der Waals surface area contributed by atoms with Gasteiger partial charge in [0.25, 0.3) is 11.7 Å². The second-order valence-corrected chi connectivity index (χ2v) is 8.56. The van der Waals surface area contributed by atoms with Gasteiger partial charge in [0.2, 0.25) is 0 Å². The van der Waals surface area contributed by atoms with Gasteiger partial charge in [-0.05, 0) is 54.8 Å². The highest BCUT2D eigenvalue weighted by Crippen LogP contribution is 2.42. The number of amides is 1. The molecule has 1 aliphatic heterocycles. The molecule has 0 aromatic heterocycles. The number of aliphatic hydroxyl groups is 1. The number of carbonyl (C=O) groups is 2. The highest BCUT2D eigenvalue weighted by molar-refractivity contribution is 6.46. The molecule has 188 valence electrons. The van der Waals surface area contributed by atoms with E-state index in [1.54, 1.807) is 42.5 Å². The van der Waals surface area contributed by atoms with E-state index in [9.17, 15) is 14.7 Å². The van der Waals surface area contributed by atoms with Crippen LogP contribution >= 0.6 is 0 Å². The SMILES string of the molecule is CCOc1cc(C2/C(=C(/O)c3ccc(OCC(C)C)cc3)C(=O)C(=O)N2CCOC)ccc1OC. The van der Waals surface area contributed by atoms with Gasteiger partial charge in [-0.15, -0.1) is 0 Å². The number of aliphatic hydroxyl groups excluding tert-OH is 1. The average Bonchev–Trinajstić information content (AvgIpc) is 3.11. The monoisotopic (exact) mass is 483 g/mol. The number of hydrogen-bond acceptors (Lipinski definition) is 7. The molecule has 1 saturated heterocycles. The summed E-state index contributed by atoms with van der Waals surface area (Å²) < 4.78 is 21.9. The van der Waals surface area contributed by atoms with E-state index >= 15 is 0 Å². The standard InChI is InChI=1S/C27H33NO7/c1-6-34-22-15-19(9-12-21(22)33-5)24-23(26(30)27(31)28(24)13-14-32-4)25(29)18-7-10-20(11-8-18)35-16-17(2)3/h7-12,15,17,24,29H,6,13-14,16H2,1-5H3/b25-23-. The van der Waals surface area contributed by atoms with Gasteiger partial charge in [0.15, 0.2) is 11.5 Å². The third-order valence-electron chi connectivity index (χ3n) is 5.59. The van der Waals surface area contributed by atoms with E-state index in [1.807, 2.05) is 6.92 Å². The lowest BCUT2D eigenvalue weighted by Gasteiger charge is -2.25. The Balaban J connectivity index is 2.08. The van der Waals surface area contributed by atoms with Crippen LogP contribution in [0.2, 0.25) is 0 Å². The van der Waals surface area contributed by atoms with Crippen molar-refractivity contribution in [3.63, 3.8) is 0 Å². The molecule has 2 aromatic rings. The van der Waals surface area contributed by atoms with E-state index in [0.29, 0.717) is 47.5 Å². The molecule has 1 atom stereocenters. The summed E-state index contributed by atoms with van der Waals surface area (Å²) in [5.74, 6) is 0.341. The topological polar surface area (TPSA) is 94.5 Å². The van der Waals surface area contributed by atoms with Crippen LogP contribution in [0.3, 0.4) is 0 Å². The predicted molar refractivity (Wildman–Crippen MR) is 132 cm³/mol. The maximum absolute atomic E-state index is 13.1. The third kappa shape index (κ3) is 5.77. The predicted octanol–water partition coefficient (Wildman–Crippen LogP) is 4.20. The number of hydrogen-bond donors (Lipinski definition) is 1. The molecule has 2 aromatic carbocycles. The number of ether oxygens (including phenoxy) is 4. The summed E-state index contributed by atoms with van der Waals surface area (Å²) in [7, 11) is 3.06. The zero-order valence-corrected chi connectivity index (χ0v) is 20.9. The molecule has 1 heterocycles. The van der Waals surface area contributed by atoms with Crippen molar-refractivity contribution in [2.45, 2.75) is 26.8 Å². The normalized spacial score (nSPS) is 17.2. The quantitative estimate of drug-likeness (QED) is 0.291. The van der Waals surface area contributed by atoms with Crippen LogP contribution in [0.4, 0.5) is 0 Å². The average molecular weight is 484 g/mol. The fourth-order valence-electron chi connectivity index (χ4n) is 3.91. The van der Waals surface area contributed by atoms with E-state index in [-0.39, 0.29) is 24.5 Å². The number of methoxy groups -OCH3 is 2. The molecular formula is C27H33NO7. The first-order valence-electron chi connectivity index (χ1n) is 11.6. The van der Waals surface area contributed by atoms with Crippen molar-refractivity contribution in [3.8, 4) is 17.2 Å². The van der Waals surface area contributed by atoms with Crippen molar-refractivity contribution in [1.29, 1.82) is 0 Å². The number of Topliss-reactive ketones (excluding diaryl/α,β-unsaturated/α-hetero) is 1. The summed E-state index contributed by atoms with van der Waals surface area (Å²) in [4.78, 5) is 27.5. The van der Waals surface area contributed by atoms with Gasteiger partial charge in [-0.25, -0.2) is 0 Å². The van der Waals surface area contributed by atoms with Crippen molar-refractivity contribution in [3.05, 3.63) is 59.2 Å². The molecule has 0 radical (unpaired) electrons. The van der Waals surface area contributed by atoms with Crippen molar-refractivity contribution in [1.82, 2.24) is 4.90 Å². The minimum atomic E-state index is -0.813. The van der Waals surface area contributed by atoms with Crippen LogP contribution in [0.5, 0.6) is 17.2 Å². The Morgan fingerprint density at radius 3 is 2.34 bits per heavy atom. The summed E-state index contributed by atoms with van der Waals surface area (Å²) >= 11 is 0. The summed E-state index contributed by atoms with van der Waals surface area (Å²) in [5.41, 5.74) is 1.03. The molecule has 1 aliphatic rings. The lowest BCUT2D eigenvalue weighted by Crippen LogP contribution is -2.32. The first kappa shape index (κ1) is 26.1. The molecular weight excluding hydrogens is 450 g/mol. The van der Waals surface area contributed by atoms with Crippen LogP contribution in [-0.4, -0.2) is 62.3 Å². The maximum atomic E-state index is 13.1. The summed E-state index contributed by atoms with van der Waals surface area (Å²) in [6, 6.07) is 11.2. The summed E-state index contributed by atoms with van der Waals surface area (Å²) in [6.45, 7) is 7.36. The number of nitrogens with zero attached hydrogens (tertiary/aromatic N) is 1. The van der Waals surface area contributed by atoms with Gasteiger partial charge in [0.1, 0.15) is 11.5 Å². The van der Waals surface area contributed by atoms with Gasteiger partial charge in [0, 0.05) is 19.2 Å². The van der Waals surface area contributed by atoms with Crippen LogP contribution in [-0.2, 0) is 14.3 Å². The Kier molecular flexibility index (Phi) is 8.76. The zero-order valence-electron chi connectivity index (χ0n) is 20.9. The molecule has 1 N–H and O–H groups in total.